The Morgan fingerprint density at radius 1 is 0.941 bits per heavy atom. The van der Waals surface area contributed by atoms with Gasteiger partial charge in [0, 0.05) is 18.3 Å². The summed E-state index contributed by atoms with van der Waals surface area (Å²) in [7, 11) is -4.05. The number of aliphatic hydroxyl groups excluding tert-OH is 2. The zero-order valence-corrected chi connectivity index (χ0v) is 31.6. The number of aromatic nitrogens is 2. The number of nitrogens with one attached hydrogen (secondary N) is 3. The molecular formula is C38H58N4O8S. The highest BCUT2D eigenvalue weighted by Crippen LogP contribution is 2.36. The number of carbonyl (C=O) groups is 3. The molecule has 2 aromatic rings. The number of H-pyrrole nitrogens is 1. The second-order valence-corrected chi connectivity index (χ2v) is 18.9. The van der Waals surface area contributed by atoms with E-state index in [9.17, 15) is 33.0 Å². The van der Waals surface area contributed by atoms with E-state index in [1.54, 1.807) is 51.2 Å². The number of ether oxygens (including phenoxy) is 1. The number of rotatable bonds is 18. The van der Waals surface area contributed by atoms with Crippen molar-refractivity contribution in [1.82, 2.24) is 20.6 Å². The molecule has 2 aliphatic carbocycles. The molecule has 4 rings (SSSR count). The SMILES string of the molecule is CC(C)(C)C(=O)OCC(C)(C)S(=O)(=O)C[C@@H](Cc1ccccc1)C(=O)NC(Cc1cnc[nH]1)C(=O)NC(CC1CCCCC1)C(O)C(O)C1CC1. The van der Waals surface area contributed by atoms with Crippen molar-refractivity contribution in [2.24, 2.45) is 23.2 Å². The van der Waals surface area contributed by atoms with Crippen LogP contribution in [0.15, 0.2) is 42.9 Å². The van der Waals surface area contributed by atoms with Crippen LogP contribution in [0.2, 0.25) is 0 Å². The topological polar surface area (TPSA) is 188 Å². The summed E-state index contributed by atoms with van der Waals surface area (Å²) in [5, 5.41) is 28.0. The molecule has 0 saturated heterocycles. The lowest BCUT2D eigenvalue weighted by atomic mass is 9.82. The average molecular weight is 731 g/mol. The maximum absolute atomic E-state index is 14.2. The third-order valence-electron chi connectivity index (χ3n) is 10.2. The van der Waals surface area contributed by atoms with Crippen LogP contribution in [0.1, 0.15) is 97.2 Å². The zero-order valence-electron chi connectivity index (χ0n) is 30.8. The van der Waals surface area contributed by atoms with Gasteiger partial charge in [0.25, 0.3) is 0 Å². The average Bonchev–Trinajstić information content (AvgIpc) is 3.81. The Labute approximate surface area is 302 Å². The van der Waals surface area contributed by atoms with Gasteiger partial charge in [0.1, 0.15) is 23.5 Å². The van der Waals surface area contributed by atoms with Gasteiger partial charge in [0.05, 0.1) is 35.6 Å². The zero-order chi connectivity index (χ0) is 37.4. The summed E-state index contributed by atoms with van der Waals surface area (Å²) in [5.41, 5.74) is 0.498. The minimum atomic E-state index is -4.05. The highest BCUT2D eigenvalue weighted by Gasteiger charge is 2.42. The number of carbonyl (C=O) groups excluding carboxylic acids is 3. The number of aliphatic hydroxyl groups is 2. The monoisotopic (exact) mass is 730 g/mol. The van der Waals surface area contributed by atoms with E-state index in [0.29, 0.717) is 12.1 Å². The van der Waals surface area contributed by atoms with Crippen LogP contribution in [0.4, 0.5) is 0 Å². The van der Waals surface area contributed by atoms with Crippen molar-refractivity contribution >= 4 is 27.6 Å². The first-order valence-electron chi connectivity index (χ1n) is 18.3. The Hall–Kier alpha value is -3.29. The lowest BCUT2D eigenvalue weighted by molar-refractivity contribution is -0.153. The van der Waals surface area contributed by atoms with Crippen molar-refractivity contribution in [2.75, 3.05) is 12.4 Å². The fraction of sp³-hybridized carbons (Fsp3) is 0.684. The van der Waals surface area contributed by atoms with E-state index in [-0.39, 0.29) is 31.3 Å². The van der Waals surface area contributed by atoms with Crippen molar-refractivity contribution < 1.29 is 37.8 Å². The smallest absolute Gasteiger partial charge is 0.311 e. The number of imidazole rings is 1. The molecule has 13 heteroatoms. The molecular weight excluding hydrogens is 673 g/mol. The molecule has 2 fully saturated rings. The molecule has 5 atom stereocenters. The molecule has 2 amide bonds. The summed E-state index contributed by atoms with van der Waals surface area (Å²) in [4.78, 5) is 47.8. The van der Waals surface area contributed by atoms with Gasteiger partial charge < -0.3 is 30.6 Å². The van der Waals surface area contributed by atoms with Gasteiger partial charge in [-0.15, -0.1) is 0 Å². The minimum absolute atomic E-state index is 0.00632. The molecule has 1 heterocycles. The summed E-state index contributed by atoms with van der Waals surface area (Å²) < 4.78 is 31.7. The van der Waals surface area contributed by atoms with Gasteiger partial charge >= 0.3 is 5.97 Å². The van der Waals surface area contributed by atoms with Crippen LogP contribution in [0.25, 0.3) is 0 Å². The molecule has 284 valence electrons. The van der Waals surface area contributed by atoms with Crippen LogP contribution in [-0.4, -0.2) is 87.8 Å². The number of aromatic amines is 1. The molecule has 0 spiro atoms. The van der Waals surface area contributed by atoms with Gasteiger partial charge in [-0.1, -0.05) is 62.4 Å². The fourth-order valence-electron chi connectivity index (χ4n) is 6.58. The van der Waals surface area contributed by atoms with E-state index in [2.05, 4.69) is 20.6 Å². The molecule has 5 N–H and O–H groups in total. The molecule has 2 saturated carbocycles. The maximum Gasteiger partial charge on any atom is 0.311 e. The summed E-state index contributed by atoms with van der Waals surface area (Å²) in [6.07, 6.45) is 8.41. The molecule has 0 bridgehead atoms. The predicted octanol–water partition coefficient (Wildman–Crippen LogP) is 3.67. The van der Waals surface area contributed by atoms with Crippen LogP contribution in [0.3, 0.4) is 0 Å². The lowest BCUT2D eigenvalue weighted by Gasteiger charge is -2.33. The lowest BCUT2D eigenvalue weighted by Crippen LogP contribution is -2.57. The molecule has 0 aliphatic heterocycles. The first-order valence-corrected chi connectivity index (χ1v) is 20.0. The van der Waals surface area contributed by atoms with Crippen LogP contribution in [0, 0.1) is 23.2 Å². The largest absolute Gasteiger partial charge is 0.464 e. The first kappa shape index (κ1) is 40.5. The Bertz CT molecular complexity index is 1530. The number of hydrogen-bond donors (Lipinski definition) is 5. The van der Waals surface area contributed by atoms with E-state index in [1.165, 1.54) is 20.2 Å². The number of nitrogens with zero attached hydrogens (tertiary/aromatic N) is 1. The van der Waals surface area contributed by atoms with Crippen molar-refractivity contribution in [3.63, 3.8) is 0 Å². The van der Waals surface area contributed by atoms with Crippen molar-refractivity contribution in [3.05, 3.63) is 54.1 Å². The number of sulfone groups is 1. The van der Waals surface area contributed by atoms with Crippen LogP contribution >= 0.6 is 0 Å². The molecule has 4 unspecified atom stereocenters. The highest BCUT2D eigenvalue weighted by molar-refractivity contribution is 7.92. The maximum atomic E-state index is 14.2. The van der Waals surface area contributed by atoms with Gasteiger partial charge in [0.15, 0.2) is 9.84 Å². The second kappa shape index (κ2) is 17.5. The van der Waals surface area contributed by atoms with Gasteiger partial charge in [-0.2, -0.15) is 0 Å². The number of esters is 1. The molecule has 1 aromatic heterocycles. The van der Waals surface area contributed by atoms with Gasteiger partial charge in [-0.25, -0.2) is 13.4 Å². The molecule has 1 aromatic carbocycles. The van der Waals surface area contributed by atoms with Gasteiger partial charge in [0.2, 0.25) is 11.8 Å². The molecule has 12 nitrogen and oxygen atoms in total. The standard InChI is InChI=1S/C38H58N4O8S/c1-37(2,3)36(47)50-23-38(4,5)51(48,49)22-28(18-25-12-8-6-9-13-25)34(45)42-31(20-29-21-39-24-40-29)35(46)41-30(19-26-14-10-7-11-15-26)33(44)32(43)27-16-17-27/h6,8-9,12-13,21,24,26-28,30-33,43-44H,7,10-11,14-20,22-23H2,1-5H3,(H,39,40)(H,41,46)(H,42,45)/t28-,30?,31?,32?,33?/m1/s1. The Morgan fingerprint density at radius 3 is 2.20 bits per heavy atom. The predicted molar refractivity (Wildman–Crippen MR) is 194 cm³/mol. The molecule has 2 aliphatic rings. The Morgan fingerprint density at radius 2 is 1.61 bits per heavy atom. The van der Waals surface area contributed by atoms with Crippen LogP contribution in [-0.2, 0) is 41.8 Å². The van der Waals surface area contributed by atoms with E-state index in [0.717, 1.165) is 50.5 Å². The Kier molecular flexibility index (Phi) is 13.9. The normalized spacial score (nSPS) is 19.0. The summed E-state index contributed by atoms with van der Waals surface area (Å²) in [5.74, 6) is -3.07. The van der Waals surface area contributed by atoms with E-state index >= 15 is 0 Å². The third-order valence-corrected chi connectivity index (χ3v) is 12.9. The second-order valence-electron chi connectivity index (χ2n) is 16.3. The van der Waals surface area contributed by atoms with Gasteiger partial charge in [-0.3, -0.25) is 14.4 Å². The van der Waals surface area contributed by atoms with Crippen LogP contribution < -0.4 is 10.6 Å². The molecule has 51 heavy (non-hydrogen) atoms. The van der Waals surface area contributed by atoms with Crippen molar-refractivity contribution in [3.8, 4) is 0 Å². The summed E-state index contributed by atoms with van der Waals surface area (Å²) in [6.45, 7) is 7.60. The summed E-state index contributed by atoms with van der Waals surface area (Å²) in [6, 6.07) is 7.17. The quantitative estimate of drug-likeness (QED) is 0.143. The Balaban J connectivity index is 1.57. The van der Waals surface area contributed by atoms with Crippen molar-refractivity contribution in [2.45, 2.75) is 128 Å². The third kappa shape index (κ3) is 11.9. The fourth-order valence-corrected chi connectivity index (χ4v) is 8.07. The number of hydrogen-bond acceptors (Lipinski definition) is 9. The molecule has 0 radical (unpaired) electrons. The summed E-state index contributed by atoms with van der Waals surface area (Å²) >= 11 is 0. The van der Waals surface area contributed by atoms with Crippen molar-refractivity contribution in [1.29, 1.82) is 0 Å². The van der Waals surface area contributed by atoms with E-state index in [1.807, 2.05) is 6.07 Å². The first-order chi connectivity index (χ1) is 24.0. The van der Waals surface area contributed by atoms with Crippen LogP contribution in [0.5, 0.6) is 0 Å². The minimum Gasteiger partial charge on any atom is -0.464 e. The number of amides is 2. The van der Waals surface area contributed by atoms with E-state index < -0.39 is 73.7 Å². The van der Waals surface area contributed by atoms with E-state index in [4.69, 9.17) is 4.74 Å². The number of benzene rings is 1. The highest BCUT2D eigenvalue weighted by atomic mass is 32.2. The van der Waals surface area contributed by atoms with Gasteiger partial charge in [-0.05, 0) is 77.7 Å².